The number of anilines is 1. The highest BCUT2D eigenvalue weighted by molar-refractivity contribution is 5.91. The molecule has 3 rings (SSSR count). The molecule has 2 aromatic rings. The minimum Gasteiger partial charge on any atom is -0.330 e. The summed E-state index contributed by atoms with van der Waals surface area (Å²) in [4.78, 5) is 16.0. The molecule has 1 amide bonds. The maximum atomic E-state index is 12.1. The minimum atomic E-state index is 0.0325. The van der Waals surface area contributed by atoms with Gasteiger partial charge in [0.15, 0.2) is 0 Å². The maximum Gasteiger partial charge on any atom is 0.224 e. The minimum absolute atomic E-state index is 0.0325. The number of hydrogen-bond acceptors (Lipinski definition) is 4. The third-order valence-electron chi connectivity index (χ3n) is 4.22. The van der Waals surface area contributed by atoms with Gasteiger partial charge < -0.3 is 11.1 Å². The fraction of sp³-hybridized carbons (Fsp3) is 0.400. The van der Waals surface area contributed by atoms with Crippen LogP contribution in [0.1, 0.15) is 25.7 Å². The average Bonchev–Trinajstić information content (AvgIpc) is 2.98. The van der Waals surface area contributed by atoms with Crippen LogP contribution < -0.4 is 11.1 Å². The number of nitrogens with one attached hydrogen (secondary N) is 1. The largest absolute Gasteiger partial charge is 0.330 e. The topological polar surface area (TPSA) is 85.8 Å². The van der Waals surface area contributed by atoms with E-state index < -0.39 is 0 Å². The number of rotatable bonds is 5. The summed E-state index contributed by atoms with van der Waals surface area (Å²) in [5.74, 6) is 0.0358. The van der Waals surface area contributed by atoms with E-state index in [-0.39, 0.29) is 11.3 Å². The second kappa shape index (κ2) is 5.65. The Morgan fingerprint density at radius 3 is 2.62 bits per heavy atom. The summed E-state index contributed by atoms with van der Waals surface area (Å²) < 4.78 is 1.67. The van der Waals surface area contributed by atoms with Crippen LogP contribution in [0, 0.1) is 5.41 Å². The lowest BCUT2D eigenvalue weighted by Gasteiger charge is -2.40. The predicted octanol–water partition coefficient (Wildman–Crippen LogP) is 1.72. The number of carbonyl (C=O) groups is 1. The number of hydrogen-bond donors (Lipinski definition) is 2. The molecule has 6 nitrogen and oxygen atoms in total. The Morgan fingerprint density at radius 2 is 2.10 bits per heavy atom. The second-order valence-electron chi connectivity index (χ2n) is 5.67. The molecule has 0 saturated heterocycles. The van der Waals surface area contributed by atoms with E-state index >= 15 is 0 Å². The molecule has 1 fully saturated rings. The number of carbonyl (C=O) groups excluding carboxylic acids is 1. The van der Waals surface area contributed by atoms with Crippen LogP contribution in [0.4, 0.5) is 5.69 Å². The van der Waals surface area contributed by atoms with Crippen LogP contribution in [0.15, 0.2) is 36.9 Å². The van der Waals surface area contributed by atoms with E-state index in [9.17, 15) is 4.79 Å². The van der Waals surface area contributed by atoms with Gasteiger partial charge in [-0.2, -0.15) is 5.10 Å². The Labute approximate surface area is 123 Å². The molecule has 3 N–H and O–H groups in total. The van der Waals surface area contributed by atoms with Crippen molar-refractivity contribution >= 4 is 11.6 Å². The van der Waals surface area contributed by atoms with Gasteiger partial charge in [0.05, 0.1) is 5.69 Å². The number of amides is 1. The lowest BCUT2D eigenvalue weighted by Crippen LogP contribution is -2.40. The van der Waals surface area contributed by atoms with Gasteiger partial charge >= 0.3 is 0 Å². The lowest BCUT2D eigenvalue weighted by atomic mass is 9.66. The summed E-state index contributed by atoms with van der Waals surface area (Å²) in [6.45, 7) is 0.589. The Balaban J connectivity index is 1.61. The number of nitrogens with zero attached hydrogens (tertiary/aromatic N) is 3. The zero-order valence-corrected chi connectivity index (χ0v) is 11.8. The highest BCUT2D eigenvalue weighted by Gasteiger charge is 2.37. The predicted molar refractivity (Wildman–Crippen MR) is 79.9 cm³/mol. The standard InChI is InChI=1S/C15H19N5O/c16-9-15(6-1-7-15)8-14(21)19-12-2-4-13(5-3-12)20-11-17-10-18-20/h2-5,10-11H,1,6-9,16H2,(H,19,21). The molecule has 0 radical (unpaired) electrons. The summed E-state index contributed by atoms with van der Waals surface area (Å²) in [6.07, 6.45) is 6.92. The SMILES string of the molecule is NCC1(CC(=O)Nc2ccc(-n3cncn3)cc2)CCC1. The van der Waals surface area contributed by atoms with E-state index in [4.69, 9.17) is 5.73 Å². The fourth-order valence-electron chi connectivity index (χ4n) is 2.71. The van der Waals surface area contributed by atoms with Gasteiger partial charge in [0.25, 0.3) is 0 Å². The molecular weight excluding hydrogens is 266 g/mol. The molecule has 110 valence electrons. The molecule has 21 heavy (non-hydrogen) atoms. The smallest absolute Gasteiger partial charge is 0.224 e. The summed E-state index contributed by atoms with van der Waals surface area (Å²) in [5, 5.41) is 6.99. The Morgan fingerprint density at radius 1 is 1.33 bits per heavy atom. The van der Waals surface area contributed by atoms with Crippen LogP contribution >= 0.6 is 0 Å². The van der Waals surface area contributed by atoms with Gasteiger partial charge in [0, 0.05) is 12.1 Å². The van der Waals surface area contributed by atoms with Gasteiger partial charge in [-0.3, -0.25) is 4.79 Å². The van der Waals surface area contributed by atoms with Gasteiger partial charge in [0.1, 0.15) is 12.7 Å². The second-order valence-corrected chi connectivity index (χ2v) is 5.67. The van der Waals surface area contributed by atoms with Crippen LogP contribution in [0.2, 0.25) is 0 Å². The van der Waals surface area contributed by atoms with E-state index in [0.717, 1.165) is 24.2 Å². The lowest BCUT2D eigenvalue weighted by molar-refractivity contribution is -0.119. The highest BCUT2D eigenvalue weighted by atomic mass is 16.1. The fourth-order valence-corrected chi connectivity index (χ4v) is 2.71. The number of aromatic nitrogens is 3. The summed E-state index contributed by atoms with van der Waals surface area (Å²) in [5.41, 5.74) is 7.51. The summed E-state index contributed by atoms with van der Waals surface area (Å²) in [7, 11) is 0. The Kier molecular flexibility index (Phi) is 3.70. The summed E-state index contributed by atoms with van der Waals surface area (Å²) >= 11 is 0. The third-order valence-corrected chi connectivity index (χ3v) is 4.22. The molecule has 1 heterocycles. The van der Waals surface area contributed by atoms with Crippen molar-refractivity contribution in [3.8, 4) is 5.69 Å². The van der Waals surface area contributed by atoms with E-state index in [1.807, 2.05) is 24.3 Å². The highest BCUT2D eigenvalue weighted by Crippen LogP contribution is 2.43. The Hall–Kier alpha value is -2.21. The van der Waals surface area contributed by atoms with Crippen molar-refractivity contribution in [3.05, 3.63) is 36.9 Å². The zero-order chi connectivity index (χ0) is 14.7. The molecular formula is C15H19N5O. The van der Waals surface area contributed by atoms with Crippen molar-refractivity contribution in [3.63, 3.8) is 0 Å². The summed E-state index contributed by atoms with van der Waals surface area (Å²) in [6, 6.07) is 7.52. The maximum absolute atomic E-state index is 12.1. The van der Waals surface area contributed by atoms with Gasteiger partial charge in [-0.15, -0.1) is 0 Å². The first-order valence-corrected chi connectivity index (χ1v) is 7.16. The quantitative estimate of drug-likeness (QED) is 0.876. The van der Waals surface area contributed by atoms with E-state index in [2.05, 4.69) is 15.4 Å². The molecule has 6 heteroatoms. The normalized spacial score (nSPS) is 16.2. The van der Waals surface area contributed by atoms with Crippen molar-refractivity contribution in [2.75, 3.05) is 11.9 Å². The van der Waals surface area contributed by atoms with E-state index in [0.29, 0.717) is 13.0 Å². The number of benzene rings is 1. The van der Waals surface area contributed by atoms with E-state index in [1.54, 1.807) is 11.0 Å². The van der Waals surface area contributed by atoms with Gasteiger partial charge in [-0.1, -0.05) is 6.42 Å². The van der Waals surface area contributed by atoms with Crippen molar-refractivity contribution < 1.29 is 4.79 Å². The first-order valence-electron chi connectivity index (χ1n) is 7.16. The first kappa shape index (κ1) is 13.8. The molecule has 0 aliphatic heterocycles. The van der Waals surface area contributed by atoms with Gasteiger partial charge in [-0.25, -0.2) is 9.67 Å². The van der Waals surface area contributed by atoms with Crippen molar-refractivity contribution in [2.45, 2.75) is 25.7 Å². The van der Waals surface area contributed by atoms with Crippen LogP contribution in [0.25, 0.3) is 5.69 Å². The van der Waals surface area contributed by atoms with Gasteiger partial charge in [0.2, 0.25) is 5.91 Å². The van der Waals surface area contributed by atoms with Crippen LogP contribution in [-0.2, 0) is 4.79 Å². The third kappa shape index (κ3) is 2.95. The molecule has 1 aromatic carbocycles. The van der Waals surface area contributed by atoms with Gasteiger partial charge in [-0.05, 0) is 49.1 Å². The van der Waals surface area contributed by atoms with Crippen LogP contribution in [-0.4, -0.2) is 27.2 Å². The monoisotopic (exact) mass is 285 g/mol. The first-order chi connectivity index (χ1) is 10.2. The molecule has 0 atom stereocenters. The molecule has 1 aliphatic carbocycles. The molecule has 1 aliphatic rings. The average molecular weight is 285 g/mol. The van der Waals surface area contributed by atoms with Crippen molar-refractivity contribution in [1.82, 2.24) is 14.8 Å². The van der Waals surface area contributed by atoms with Crippen LogP contribution in [0.5, 0.6) is 0 Å². The molecule has 0 unspecified atom stereocenters. The molecule has 0 spiro atoms. The molecule has 0 bridgehead atoms. The number of nitrogens with two attached hydrogens (primary N) is 1. The van der Waals surface area contributed by atoms with Crippen molar-refractivity contribution in [1.29, 1.82) is 0 Å². The zero-order valence-electron chi connectivity index (χ0n) is 11.8. The molecule has 1 saturated carbocycles. The molecule has 1 aromatic heterocycles. The Bertz CT molecular complexity index is 596. The van der Waals surface area contributed by atoms with Crippen molar-refractivity contribution in [2.24, 2.45) is 11.1 Å². The van der Waals surface area contributed by atoms with Crippen LogP contribution in [0.3, 0.4) is 0 Å². The van der Waals surface area contributed by atoms with E-state index in [1.165, 1.54) is 12.7 Å².